The number of anilines is 1. The van der Waals surface area contributed by atoms with Gasteiger partial charge in [0.25, 0.3) is 5.91 Å². The lowest BCUT2D eigenvalue weighted by atomic mass is 10.1. The van der Waals surface area contributed by atoms with Gasteiger partial charge in [-0.3, -0.25) is 4.79 Å². The van der Waals surface area contributed by atoms with E-state index in [0.29, 0.717) is 18.7 Å². The molecule has 0 saturated carbocycles. The normalized spacial score (nSPS) is 15.0. The second-order valence-electron chi connectivity index (χ2n) is 5.02. The molecule has 2 rings (SSSR count). The highest BCUT2D eigenvalue weighted by Crippen LogP contribution is 2.14. The van der Waals surface area contributed by atoms with Gasteiger partial charge in [-0.25, -0.2) is 0 Å². The predicted molar refractivity (Wildman–Crippen MR) is 83.1 cm³/mol. The zero-order chi connectivity index (χ0) is 14.2. The molecule has 0 unspecified atom stereocenters. The van der Waals surface area contributed by atoms with Crippen molar-refractivity contribution < 1.29 is 4.79 Å². The molecule has 1 heterocycles. The first-order valence-corrected chi connectivity index (χ1v) is 7.25. The Morgan fingerprint density at radius 3 is 2.80 bits per heavy atom. The van der Waals surface area contributed by atoms with Gasteiger partial charge >= 0.3 is 0 Å². The van der Waals surface area contributed by atoms with Gasteiger partial charge in [-0.2, -0.15) is 0 Å². The van der Waals surface area contributed by atoms with E-state index in [0.717, 1.165) is 25.3 Å². The highest BCUT2D eigenvalue weighted by atomic mass is 16.1. The fourth-order valence-electron chi connectivity index (χ4n) is 2.45. The van der Waals surface area contributed by atoms with E-state index in [4.69, 9.17) is 0 Å². The van der Waals surface area contributed by atoms with Crippen molar-refractivity contribution in [1.82, 2.24) is 10.2 Å². The molecule has 1 aromatic carbocycles. The summed E-state index contributed by atoms with van der Waals surface area (Å²) in [4.78, 5) is 14.6. The van der Waals surface area contributed by atoms with Crippen molar-refractivity contribution in [2.24, 2.45) is 0 Å². The lowest BCUT2D eigenvalue weighted by molar-refractivity contribution is 0.0950. The number of benzene rings is 1. The van der Waals surface area contributed by atoms with Crippen LogP contribution in [0.4, 0.5) is 5.69 Å². The number of amides is 1. The maximum Gasteiger partial charge on any atom is 0.253 e. The van der Waals surface area contributed by atoms with Gasteiger partial charge in [0, 0.05) is 25.3 Å². The number of nitrogens with zero attached hydrogens (tertiary/aromatic N) is 1. The van der Waals surface area contributed by atoms with Crippen LogP contribution in [0.2, 0.25) is 0 Å². The van der Waals surface area contributed by atoms with Crippen molar-refractivity contribution in [2.45, 2.75) is 12.8 Å². The van der Waals surface area contributed by atoms with E-state index < -0.39 is 0 Å². The Kier molecular flexibility index (Phi) is 5.62. The summed E-state index contributed by atoms with van der Waals surface area (Å²) < 4.78 is 0. The standard InChI is InChI=1S/C16H23N3O/c1-2-9-17-15-8-4-3-7-14(15)16(20)18-10-13-19-11-5-6-12-19/h2-4,7-8,17H,1,5-6,9-13H2,(H,18,20). The lowest BCUT2D eigenvalue weighted by Gasteiger charge is -2.15. The molecule has 0 aliphatic carbocycles. The molecule has 1 aliphatic rings. The highest BCUT2D eigenvalue weighted by molar-refractivity contribution is 5.99. The van der Waals surface area contributed by atoms with E-state index in [1.165, 1.54) is 12.8 Å². The molecule has 0 radical (unpaired) electrons. The molecule has 1 saturated heterocycles. The van der Waals surface area contributed by atoms with E-state index in [9.17, 15) is 4.79 Å². The first-order chi connectivity index (χ1) is 9.81. The number of rotatable bonds is 7. The molecule has 1 aliphatic heterocycles. The molecule has 0 aromatic heterocycles. The highest BCUT2D eigenvalue weighted by Gasteiger charge is 2.13. The van der Waals surface area contributed by atoms with Gasteiger partial charge in [-0.15, -0.1) is 6.58 Å². The first-order valence-electron chi connectivity index (χ1n) is 7.25. The molecule has 0 bridgehead atoms. The average Bonchev–Trinajstić information content (AvgIpc) is 2.98. The molecule has 1 fully saturated rings. The van der Waals surface area contributed by atoms with Gasteiger partial charge in [0.15, 0.2) is 0 Å². The summed E-state index contributed by atoms with van der Waals surface area (Å²) in [7, 11) is 0. The van der Waals surface area contributed by atoms with Crippen LogP contribution in [0.1, 0.15) is 23.2 Å². The Bertz CT molecular complexity index is 453. The number of carbonyl (C=O) groups excluding carboxylic acids is 1. The minimum absolute atomic E-state index is 0.0173. The van der Waals surface area contributed by atoms with Crippen LogP contribution in [0.3, 0.4) is 0 Å². The summed E-state index contributed by atoms with van der Waals surface area (Å²) in [6.07, 6.45) is 4.34. The van der Waals surface area contributed by atoms with Crippen molar-refractivity contribution in [1.29, 1.82) is 0 Å². The SMILES string of the molecule is C=CCNc1ccccc1C(=O)NCCN1CCCC1. The molecule has 1 amide bonds. The smallest absolute Gasteiger partial charge is 0.253 e. The van der Waals surface area contributed by atoms with Crippen molar-refractivity contribution in [2.75, 3.05) is 38.0 Å². The number of carbonyl (C=O) groups is 1. The van der Waals surface area contributed by atoms with Crippen molar-refractivity contribution in [3.63, 3.8) is 0 Å². The number of hydrogen-bond donors (Lipinski definition) is 2. The van der Waals surface area contributed by atoms with E-state index in [2.05, 4.69) is 22.1 Å². The topological polar surface area (TPSA) is 44.4 Å². The Morgan fingerprint density at radius 1 is 1.30 bits per heavy atom. The third kappa shape index (κ3) is 4.10. The molecule has 0 atom stereocenters. The van der Waals surface area contributed by atoms with Crippen molar-refractivity contribution in [3.8, 4) is 0 Å². The van der Waals surface area contributed by atoms with E-state index in [-0.39, 0.29) is 5.91 Å². The maximum absolute atomic E-state index is 12.2. The van der Waals surface area contributed by atoms with Crippen molar-refractivity contribution in [3.05, 3.63) is 42.5 Å². The summed E-state index contributed by atoms with van der Waals surface area (Å²) in [6, 6.07) is 7.57. The third-order valence-corrected chi connectivity index (χ3v) is 3.52. The number of likely N-dealkylation sites (tertiary alicyclic amines) is 1. The molecular weight excluding hydrogens is 250 g/mol. The molecule has 20 heavy (non-hydrogen) atoms. The zero-order valence-electron chi connectivity index (χ0n) is 11.9. The van der Waals surface area contributed by atoms with Gasteiger partial charge in [0.2, 0.25) is 0 Å². The summed E-state index contributed by atoms with van der Waals surface area (Å²) in [5, 5.41) is 6.18. The van der Waals surface area contributed by atoms with Crippen LogP contribution >= 0.6 is 0 Å². The minimum Gasteiger partial charge on any atom is -0.381 e. The molecule has 0 spiro atoms. The van der Waals surface area contributed by atoms with Gasteiger partial charge in [-0.05, 0) is 38.1 Å². The summed E-state index contributed by atoms with van der Waals surface area (Å²) in [6.45, 7) is 8.29. The second kappa shape index (κ2) is 7.70. The Labute approximate surface area is 120 Å². The van der Waals surface area contributed by atoms with Gasteiger partial charge in [0.05, 0.1) is 5.56 Å². The summed E-state index contributed by atoms with van der Waals surface area (Å²) >= 11 is 0. The molecular formula is C16H23N3O. The largest absolute Gasteiger partial charge is 0.381 e. The van der Waals surface area contributed by atoms with Gasteiger partial charge in [-0.1, -0.05) is 18.2 Å². The Balaban J connectivity index is 1.85. The molecule has 4 nitrogen and oxygen atoms in total. The monoisotopic (exact) mass is 273 g/mol. The van der Waals surface area contributed by atoms with Crippen LogP contribution < -0.4 is 10.6 Å². The Hall–Kier alpha value is -1.81. The quantitative estimate of drug-likeness (QED) is 0.748. The lowest BCUT2D eigenvalue weighted by Crippen LogP contribution is -2.33. The fourth-order valence-corrected chi connectivity index (χ4v) is 2.45. The maximum atomic E-state index is 12.2. The van der Waals surface area contributed by atoms with Crippen LogP contribution in [0.5, 0.6) is 0 Å². The first kappa shape index (κ1) is 14.6. The molecule has 108 valence electrons. The predicted octanol–water partition coefficient (Wildman–Crippen LogP) is 2.11. The summed E-state index contributed by atoms with van der Waals surface area (Å²) in [5.41, 5.74) is 1.54. The number of para-hydroxylation sites is 1. The zero-order valence-corrected chi connectivity index (χ0v) is 11.9. The van der Waals surface area contributed by atoms with Gasteiger partial charge < -0.3 is 15.5 Å². The van der Waals surface area contributed by atoms with Crippen LogP contribution in [0, 0.1) is 0 Å². The van der Waals surface area contributed by atoms with Crippen LogP contribution in [-0.4, -0.2) is 43.5 Å². The van der Waals surface area contributed by atoms with Gasteiger partial charge in [0.1, 0.15) is 0 Å². The molecule has 1 aromatic rings. The van der Waals surface area contributed by atoms with Crippen LogP contribution in [-0.2, 0) is 0 Å². The van der Waals surface area contributed by atoms with E-state index in [1.807, 2.05) is 24.3 Å². The fraction of sp³-hybridized carbons (Fsp3) is 0.438. The second-order valence-corrected chi connectivity index (χ2v) is 5.02. The number of nitrogens with one attached hydrogen (secondary N) is 2. The van der Waals surface area contributed by atoms with Crippen molar-refractivity contribution >= 4 is 11.6 Å². The molecule has 4 heteroatoms. The van der Waals surface area contributed by atoms with E-state index >= 15 is 0 Å². The summed E-state index contributed by atoms with van der Waals surface area (Å²) in [5.74, 6) is -0.0173. The van der Waals surface area contributed by atoms with Crippen LogP contribution in [0.15, 0.2) is 36.9 Å². The van der Waals surface area contributed by atoms with E-state index in [1.54, 1.807) is 6.08 Å². The molecule has 2 N–H and O–H groups in total. The Morgan fingerprint density at radius 2 is 2.05 bits per heavy atom. The minimum atomic E-state index is -0.0173. The van der Waals surface area contributed by atoms with Crippen LogP contribution in [0.25, 0.3) is 0 Å². The third-order valence-electron chi connectivity index (χ3n) is 3.52. The average molecular weight is 273 g/mol. The number of hydrogen-bond acceptors (Lipinski definition) is 3.